The number of carbonyl (C=O) groups is 1. The van der Waals surface area contributed by atoms with Gasteiger partial charge in [0.2, 0.25) is 11.8 Å². The van der Waals surface area contributed by atoms with Gasteiger partial charge in [0.1, 0.15) is 0 Å². The summed E-state index contributed by atoms with van der Waals surface area (Å²) in [7, 11) is 3.49. The van der Waals surface area contributed by atoms with Gasteiger partial charge in [0.15, 0.2) is 5.82 Å². The second-order valence-electron chi connectivity index (χ2n) is 10.4. The Morgan fingerprint density at radius 3 is 2.64 bits per heavy atom. The lowest BCUT2D eigenvalue weighted by Crippen LogP contribution is -2.23. The number of methoxy groups -OCH3 is 1. The lowest BCUT2D eigenvalue weighted by atomic mass is 9.98. The Morgan fingerprint density at radius 2 is 1.83 bits per heavy atom. The number of H-pyrrole nitrogens is 1. The number of anilines is 3. The third kappa shape index (κ3) is 4.15. The summed E-state index contributed by atoms with van der Waals surface area (Å²) in [6.07, 6.45) is 5.47. The molecular weight excluding hydrogens is 528 g/mol. The average molecular weight is 557 g/mol. The van der Waals surface area contributed by atoms with Crippen LogP contribution in [0.5, 0.6) is 5.88 Å². The van der Waals surface area contributed by atoms with E-state index in [9.17, 15) is 4.79 Å². The predicted octanol–water partition coefficient (Wildman–Crippen LogP) is 5.95. The Kier molecular flexibility index (Phi) is 5.97. The number of benzene rings is 2. The van der Waals surface area contributed by atoms with E-state index in [0.29, 0.717) is 29.8 Å². The minimum atomic E-state index is -0.0353. The zero-order valence-corrected chi connectivity index (χ0v) is 23.6. The summed E-state index contributed by atoms with van der Waals surface area (Å²) >= 11 is 0. The fourth-order valence-electron chi connectivity index (χ4n) is 5.56. The number of ether oxygens (including phenoxy) is 1. The van der Waals surface area contributed by atoms with Gasteiger partial charge in [-0.2, -0.15) is 5.10 Å². The van der Waals surface area contributed by atoms with Crippen molar-refractivity contribution in [3.63, 3.8) is 0 Å². The van der Waals surface area contributed by atoms with Gasteiger partial charge in [-0.15, -0.1) is 0 Å². The highest BCUT2D eigenvalue weighted by Crippen LogP contribution is 2.40. The number of carbonyl (C=O) groups excluding carboxylic acids is 1. The summed E-state index contributed by atoms with van der Waals surface area (Å²) in [6.45, 7) is 4.43. The van der Waals surface area contributed by atoms with Crippen LogP contribution >= 0.6 is 0 Å². The van der Waals surface area contributed by atoms with Crippen LogP contribution in [-0.4, -0.2) is 42.7 Å². The molecule has 1 aliphatic heterocycles. The Hall–Kier alpha value is -5.51. The van der Waals surface area contributed by atoms with Crippen molar-refractivity contribution in [2.24, 2.45) is 7.05 Å². The molecule has 2 N–H and O–H groups in total. The SMILES string of the molecule is COc1cc(-c2cccc3c2CN(c2cccc4c(-c5nc(Nc6cc(C)n(C)n6)ncc5C)c[nH]c24)C3=O)ccn1. The highest BCUT2D eigenvalue weighted by molar-refractivity contribution is 6.15. The summed E-state index contributed by atoms with van der Waals surface area (Å²) < 4.78 is 7.13. The molecule has 0 spiro atoms. The molecule has 0 radical (unpaired) electrons. The van der Waals surface area contributed by atoms with Crippen LogP contribution in [-0.2, 0) is 13.6 Å². The smallest absolute Gasteiger partial charge is 0.259 e. The van der Waals surface area contributed by atoms with Crippen LogP contribution in [0.4, 0.5) is 17.5 Å². The van der Waals surface area contributed by atoms with Crippen molar-refractivity contribution in [3.8, 4) is 28.3 Å². The molecule has 5 heterocycles. The first-order chi connectivity index (χ1) is 20.4. The van der Waals surface area contributed by atoms with Crippen LogP contribution in [0.15, 0.2) is 73.2 Å². The number of para-hydroxylation sites is 1. The lowest BCUT2D eigenvalue weighted by Gasteiger charge is -2.17. The summed E-state index contributed by atoms with van der Waals surface area (Å²) in [5.41, 5.74) is 8.99. The van der Waals surface area contributed by atoms with E-state index in [1.807, 2.05) is 86.6 Å². The van der Waals surface area contributed by atoms with Crippen LogP contribution in [0.1, 0.15) is 27.2 Å². The maximum absolute atomic E-state index is 13.8. The number of aryl methyl sites for hydroxylation is 3. The van der Waals surface area contributed by atoms with E-state index in [2.05, 4.69) is 25.4 Å². The van der Waals surface area contributed by atoms with Gasteiger partial charge in [0.25, 0.3) is 5.91 Å². The number of aromatic amines is 1. The molecule has 0 aliphatic carbocycles. The summed E-state index contributed by atoms with van der Waals surface area (Å²) in [5, 5.41) is 8.64. The molecule has 0 saturated heterocycles. The second kappa shape index (κ2) is 9.84. The molecule has 0 bridgehead atoms. The maximum atomic E-state index is 13.8. The minimum absolute atomic E-state index is 0.0353. The summed E-state index contributed by atoms with van der Waals surface area (Å²) in [6, 6.07) is 17.6. The van der Waals surface area contributed by atoms with Gasteiger partial charge >= 0.3 is 0 Å². The van der Waals surface area contributed by atoms with Crippen molar-refractivity contribution >= 4 is 34.3 Å². The van der Waals surface area contributed by atoms with Gasteiger partial charge < -0.3 is 19.9 Å². The molecule has 10 heteroatoms. The first-order valence-corrected chi connectivity index (χ1v) is 13.6. The molecule has 0 atom stereocenters. The van der Waals surface area contributed by atoms with Crippen molar-refractivity contribution in [3.05, 3.63) is 95.6 Å². The van der Waals surface area contributed by atoms with E-state index < -0.39 is 0 Å². The molecule has 1 amide bonds. The number of fused-ring (bicyclic) bond motifs is 2. The van der Waals surface area contributed by atoms with Crippen LogP contribution in [0.25, 0.3) is 33.3 Å². The number of aromatic nitrogens is 6. The normalized spacial score (nSPS) is 12.7. The molecule has 0 unspecified atom stereocenters. The second-order valence-corrected chi connectivity index (χ2v) is 10.4. The molecule has 10 nitrogen and oxygen atoms in total. The number of pyridine rings is 1. The lowest BCUT2D eigenvalue weighted by molar-refractivity contribution is 0.0997. The van der Waals surface area contributed by atoms with Crippen molar-refractivity contribution in [2.75, 3.05) is 17.3 Å². The minimum Gasteiger partial charge on any atom is -0.481 e. The van der Waals surface area contributed by atoms with Crippen LogP contribution in [0.3, 0.4) is 0 Å². The molecule has 7 rings (SSSR count). The molecule has 42 heavy (non-hydrogen) atoms. The molecule has 0 saturated carbocycles. The Labute approximate surface area is 242 Å². The van der Waals surface area contributed by atoms with Crippen molar-refractivity contribution in [1.82, 2.24) is 29.7 Å². The highest BCUT2D eigenvalue weighted by Gasteiger charge is 2.32. The van der Waals surface area contributed by atoms with E-state index in [1.165, 1.54) is 0 Å². The van der Waals surface area contributed by atoms with E-state index >= 15 is 0 Å². The third-order valence-corrected chi connectivity index (χ3v) is 7.79. The van der Waals surface area contributed by atoms with Crippen LogP contribution in [0, 0.1) is 13.8 Å². The van der Waals surface area contributed by atoms with Gasteiger partial charge in [-0.25, -0.2) is 15.0 Å². The standard InChI is InChI=1S/C32H28N8O2/c1-18-15-35-32(36-27-13-19(2)39(3)38-27)37-29(18)24-16-34-30-22(24)8-6-10-26(30)40-17-25-21(7-5-9-23(25)31(40)41)20-11-12-33-28(14-20)42-4/h5-16,34H,17H2,1-4H3,(H,35,36,37,38). The van der Waals surface area contributed by atoms with E-state index in [-0.39, 0.29) is 5.91 Å². The fourth-order valence-corrected chi connectivity index (χ4v) is 5.56. The topological polar surface area (TPSA) is 114 Å². The van der Waals surface area contributed by atoms with E-state index in [1.54, 1.807) is 24.2 Å². The van der Waals surface area contributed by atoms with Crippen molar-refractivity contribution < 1.29 is 9.53 Å². The van der Waals surface area contributed by atoms with Crippen molar-refractivity contribution in [2.45, 2.75) is 20.4 Å². The Bertz CT molecular complexity index is 1990. The van der Waals surface area contributed by atoms with Gasteiger partial charge in [-0.3, -0.25) is 9.48 Å². The molecule has 6 aromatic rings. The molecule has 0 fully saturated rings. The van der Waals surface area contributed by atoms with E-state index in [4.69, 9.17) is 9.72 Å². The summed E-state index contributed by atoms with van der Waals surface area (Å²) in [4.78, 5) is 32.6. The molecule has 2 aromatic carbocycles. The number of nitrogens with zero attached hydrogens (tertiary/aromatic N) is 6. The summed E-state index contributed by atoms with van der Waals surface area (Å²) in [5.74, 6) is 1.64. The van der Waals surface area contributed by atoms with Gasteiger partial charge in [-0.1, -0.05) is 24.3 Å². The van der Waals surface area contributed by atoms with Gasteiger partial charge in [0, 0.05) is 60.0 Å². The predicted molar refractivity (Wildman–Crippen MR) is 162 cm³/mol. The van der Waals surface area contributed by atoms with Crippen LogP contribution in [0.2, 0.25) is 0 Å². The molecular formula is C32H28N8O2. The zero-order valence-electron chi connectivity index (χ0n) is 23.6. The quantitative estimate of drug-likeness (QED) is 0.261. The number of rotatable bonds is 6. The van der Waals surface area contributed by atoms with Crippen molar-refractivity contribution in [1.29, 1.82) is 0 Å². The molecule has 4 aromatic heterocycles. The average Bonchev–Trinajstić information content (AvgIpc) is 3.68. The zero-order chi connectivity index (χ0) is 29.0. The first kappa shape index (κ1) is 25.5. The van der Waals surface area contributed by atoms with Gasteiger partial charge in [0.05, 0.1) is 30.6 Å². The largest absolute Gasteiger partial charge is 0.481 e. The number of hydrogen-bond acceptors (Lipinski definition) is 7. The maximum Gasteiger partial charge on any atom is 0.259 e. The monoisotopic (exact) mass is 556 g/mol. The number of hydrogen-bond donors (Lipinski definition) is 2. The Morgan fingerprint density at radius 1 is 1.00 bits per heavy atom. The van der Waals surface area contributed by atoms with Gasteiger partial charge in [-0.05, 0) is 54.3 Å². The molecule has 208 valence electrons. The Balaban J connectivity index is 1.26. The fraction of sp³-hybridized carbons (Fsp3) is 0.156. The highest BCUT2D eigenvalue weighted by atomic mass is 16.5. The van der Waals surface area contributed by atoms with Crippen LogP contribution < -0.4 is 15.0 Å². The number of nitrogens with one attached hydrogen (secondary N) is 2. The third-order valence-electron chi connectivity index (χ3n) is 7.79. The first-order valence-electron chi connectivity index (χ1n) is 13.6. The molecule has 1 aliphatic rings. The van der Waals surface area contributed by atoms with E-state index in [0.717, 1.165) is 55.8 Å². The number of amides is 1.